The molecule has 1 N–H and O–H groups in total. The number of carbonyl (C=O) groups excluding carboxylic acids is 1. The third-order valence-electron chi connectivity index (χ3n) is 4.30. The normalized spacial score (nSPS) is 17.0. The second kappa shape index (κ2) is 7.91. The van der Waals surface area contributed by atoms with Gasteiger partial charge < -0.3 is 14.6 Å². The number of rotatable bonds is 5. The number of piperidine rings is 1. The molecule has 26 heavy (non-hydrogen) atoms. The van der Waals surface area contributed by atoms with E-state index in [4.69, 9.17) is 4.84 Å². The van der Waals surface area contributed by atoms with Crippen molar-refractivity contribution in [2.75, 3.05) is 33.4 Å². The van der Waals surface area contributed by atoms with E-state index in [1.807, 2.05) is 7.05 Å². The molecule has 0 unspecified atom stereocenters. The van der Waals surface area contributed by atoms with E-state index in [0.29, 0.717) is 0 Å². The van der Waals surface area contributed by atoms with Crippen LogP contribution in [0.3, 0.4) is 0 Å². The van der Waals surface area contributed by atoms with Crippen LogP contribution in [0.25, 0.3) is 0 Å². The van der Waals surface area contributed by atoms with Crippen LogP contribution in [0, 0.1) is 0 Å². The minimum absolute atomic E-state index is 0.0495. The summed E-state index contributed by atoms with van der Waals surface area (Å²) < 4.78 is 48.3. The molecule has 0 spiro atoms. The number of benzene rings is 1. The summed E-state index contributed by atoms with van der Waals surface area (Å²) >= 11 is 0. The molecule has 0 saturated carbocycles. The van der Waals surface area contributed by atoms with Gasteiger partial charge in [0.05, 0.1) is 4.90 Å². The number of sulfone groups is 1. The lowest BCUT2D eigenvalue weighted by molar-refractivity contribution is 0.0657. The molecule has 11 heteroatoms. The number of sulfonamides is 1. The van der Waals surface area contributed by atoms with Gasteiger partial charge in [-0.3, -0.25) is 0 Å². The Labute approximate surface area is 153 Å². The largest absolute Gasteiger partial charge is 0.429 e. The van der Waals surface area contributed by atoms with Crippen molar-refractivity contribution in [2.45, 2.75) is 28.7 Å². The number of carbonyl (C=O) groups is 1. The Morgan fingerprint density at radius 1 is 1.15 bits per heavy atom. The maximum Gasteiger partial charge on any atom is 0.429 e. The van der Waals surface area contributed by atoms with E-state index >= 15 is 0 Å². The van der Waals surface area contributed by atoms with E-state index in [2.05, 4.69) is 4.90 Å². The Hall–Kier alpha value is -1.69. The van der Waals surface area contributed by atoms with Gasteiger partial charge in [-0.15, -0.1) is 0 Å². The second-order valence-electron chi connectivity index (χ2n) is 6.32. The molecule has 146 valence electrons. The molecule has 1 heterocycles. The quantitative estimate of drug-likeness (QED) is 0.708. The van der Waals surface area contributed by atoms with Gasteiger partial charge in [0, 0.05) is 19.3 Å². The van der Waals surface area contributed by atoms with Gasteiger partial charge >= 0.3 is 6.09 Å². The molecule has 1 aromatic rings. The van der Waals surface area contributed by atoms with Gasteiger partial charge in [0.15, 0.2) is 9.84 Å². The van der Waals surface area contributed by atoms with Crippen molar-refractivity contribution < 1.29 is 26.5 Å². The van der Waals surface area contributed by atoms with Gasteiger partial charge in [-0.25, -0.2) is 21.6 Å². The topological polar surface area (TPSA) is 113 Å². The lowest BCUT2D eigenvalue weighted by atomic mass is 10.0. The van der Waals surface area contributed by atoms with Crippen molar-refractivity contribution >= 4 is 26.0 Å². The maximum absolute atomic E-state index is 12.4. The van der Waals surface area contributed by atoms with E-state index in [9.17, 15) is 21.6 Å². The first-order chi connectivity index (χ1) is 12.0. The minimum Gasteiger partial charge on any atom is -0.338 e. The summed E-state index contributed by atoms with van der Waals surface area (Å²) in [4.78, 5) is 21.2. The van der Waals surface area contributed by atoms with E-state index in [0.717, 1.165) is 38.3 Å². The Bertz CT molecular complexity index is 861. The van der Waals surface area contributed by atoms with Gasteiger partial charge in [-0.05, 0) is 50.0 Å². The molecule has 1 fully saturated rings. The minimum atomic E-state index is -4.35. The zero-order valence-corrected chi connectivity index (χ0v) is 16.5. The number of amides is 1. The standard InChI is InChI=1S/C15H23N3O6S2/c1-17-10-8-12(9-11-17)18(2)15(19)24-16-26(22,23)14-7-5-4-6-13(14)25(3,20)21/h4-7,12,16H,8-11H2,1-3H3. The molecule has 1 amide bonds. The predicted molar refractivity (Wildman–Crippen MR) is 94.6 cm³/mol. The first-order valence-electron chi connectivity index (χ1n) is 7.95. The van der Waals surface area contributed by atoms with Gasteiger partial charge in [0.2, 0.25) is 0 Å². The summed E-state index contributed by atoms with van der Waals surface area (Å²) in [6.45, 7) is 1.66. The van der Waals surface area contributed by atoms with E-state index < -0.39 is 30.8 Å². The molecule has 9 nitrogen and oxygen atoms in total. The highest BCUT2D eigenvalue weighted by molar-refractivity contribution is 7.93. The Kier molecular flexibility index (Phi) is 6.27. The zero-order chi connectivity index (χ0) is 19.5. The molecule has 0 aliphatic carbocycles. The van der Waals surface area contributed by atoms with Crippen molar-refractivity contribution in [3.8, 4) is 0 Å². The highest BCUT2D eigenvalue weighted by atomic mass is 32.2. The Morgan fingerprint density at radius 2 is 1.69 bits per heavy atom. The molecule has 1 saturated heterocycles. The average molecular weight is 405 g/mol. The third-order valence-corrected chi connectivity index (χ3v) is 6.82. The fourth-order valence-electron chi connectivity index (χ4n) is 2.72. The summed E-state index contributed by atoms with van der Waals surface area (Å²) in [5, 5.41) is 0. The van der Waals surface area contributed by atoms with Crippen LogP contribution >= 0.6 is 0 Å². The Morgan fingerprint density at radius 3 is 2.23 bits per heavy atom. The van der Waals surface area contributed by atoms with Crippen LogP contribution in [0.2, 0.25) is 0 Å². The molecular formula is C15H23N3O6S2. The molecule has 1 aromatic carbocycles. The third kappa shape index (κ3) is 4.93. The van der Waals surface area contributed by atoms with Gasteiger partial charge in [-0.2, -0.15) is 0 Å². The van der Waals surface area contributed by atoms with E-state index in [1.54, 1.807) is 4.89 Å². The fraction of sp³-hybridized carbons (Fsp3) is 0.533. The second-order valence-corrected chi connectivity index (χ2v) is 9.92. The number of nitrogens with one attached hydrogen (secondary N) is 1. The van der Waals surface area contributed by atoms with Crippen LogP contribution < -0.4 is 4.89 Å². The van der Waals surface area contributed by atoms with E-state index in [1.165, 1.54) is 30.1 Å². The molecule has 0 radical (unpaired) electrons. The van der Waals surface area contributed by atoms with Crippen LogP contribution in [-0.2, 0) is 24.7 Å². The van der Waals surface area contributed by atoms with Gasteiger partial charge in [0.1, 0.15) is 4.90 Å². The average Bonchev–Trinajstić information content (AvgIpc) is 2.59. The summed E-state index contributed by atoms with van der Waals surface area (Å²) in [7, 11) is -4.59. The van der Waals surface area contributed by atoms with Gasteiger partial charge in [0.25, 0.3) is 10.0 Å². The van der Waals surface area contributed by atoms with Crippen LogP contribution in [0.5, 0.6) is 0 Å². The lowest BCUT2D eigenvalue weighted by Crippen LogP contribution is -2.46. The van der Waals surface area contributed by atoms with Crippen molar-refractivity contribution in [3.63, 3.8) is 0 Å². The van der Waals surface area contributed by atoms with E-state index in [-0.39, 0.29) is 10.9 Å². The summed E-state index contributed by atoms with van der Waals surface area (Å²) in [5.41, 5.74) is 0. The maximum atomic E-state index is 12.4. The smallest absolute Gasteiger partial charge is 0.338 e. The zero-order valence-electron chi connectivity index (χ0n) is 14.9. The molecule has 0 bridgehead atoms. The monoisotopic (exact) mass is 405 g/mol. The number of hydrogen-bond acceptors (Lipinski definition) is 7. The van der Waals surface area contributed by atoms with Crippen molar-refractivity contribution in [1.82, 2.24) is 14.7 Å². The first-order valence-corrected chi connectivity index (χ1v) is 11.3. The first kappa shape index (κ1) is 20.6. The molecule has 1 aliphatic heterocycles. The lowest BCUT2D eigenvalue weighted by Gasteiger charge is -2.34. The predicted octanol–water partition coefficient (Wildman–Crippen LogP) is 0.446. The SMILES string of the molecule is CN1CCC(N(C)C(=O)ONS(=O)(=O)c2ccccc2S(C)(=O)=O)CC1. The highest BCUT2D eigenvalue weighted by Gasteiger charge is 2.28. The highest BCUT2D eigenvalue weighted by Crippen LogP contribution is 2.20. The summed E-state index contributed by atoms with van der Waals surface area (Å²) in [6.07, 6.45) is 1.57. The summed E-state index contributed by atoms with van der Waals surface area (Å²) in [5.74, 6) is 0. The van der Waals surface area contributed by atoms with Gasteiger partial charge in [-0.1, -0.05) is 12.1 Å². The van der Waals surface area contributed by atoms with Crippen molar-refractivity contribution in [1.29, 1.82) is 0 Å². The van der Waals surface area contributed by atoms with Crippen LogP contribution in [0.4, 0.5) is 4.79 Å². The molecule has 0 atom stereocenters. The summed E-state index contributed by atoms with van der Waals surface area (Å²) in [6, 6.07) is 5.06. The number of likely N-dealkylation sites (tertiary alicyclic amines) is 1. The Balaban J connectivity index is 2.08. The number of hydrogen-bond donors (Lipinski definition) is 1. The number of nitrogens with zero attached hydrogens (tertiary/aromatic N) is 2. The molecule has 1 aliphatic rings. The molecule has 0 aromatic heterocycles. The van der Waals surface area contributed by atoms with Crippen LogP contribution in [0.1, 0.15) is 12.8 Å². The van der Waals surface area contributed by atoms with Crippen LogP contribution in [0.15, 0.2) is 34.1 Å². The fourth-order valence-corrected chi connectivity index (χ4v) is 5.12. The molecular weight excluding hydrogens is 382 g/mol. The molecule has 2 rings (SSSR count). The van der Waals surface area contributed by atoms with Crippen molar-refractivity contribution in [3.05, 3.63) is 24.3 Å². The van der Waals surface area contributed by atoms with Crippen LogP contribution in [-0.4, -0.2) is 72.2 Å². The van der Waals surface area contributed by atoms with Crippen molar-refractivity contribution in [2.24, 2.45) is 0 Å².